The molecule has 0 spiro atoms. The van der Waals surface area contributed by atoms with Crippen LogP contribution in [-0.4, -0.2) is 11.7 Å². The van der Waals surface area contributed by atoms with Gasteiger partial charge in [-0.2, -0.15) is 0 Å². The third kappa shape index (κ3) is 1.65. The molecule has 0 unspecified atom stereocenters. The lowest BCUT2D eigenvalue weighted by molar-refractivity contribution is -0.114. The number of rotatable bonds is 2. The van der Waals surface area contributed by atoms with Crippen LogP contribution >= 0.6 is 12.6 Å². The highest BCUT2D eigenvalue weighted by Crippen LogP contribution is 2.36. The predicted molar refractivity (Wildman–Crippen MR) is 68.4 cm³/mol. The highest BCUT2D eigenvalue weighted by atomic mass is 32.1. The molecule has 0 saturated carbocycles. The van der Waals surface area contributed by atoms with Crippen LogP contribution < -0.4 is 4.74 Å². The summed E-state index contributed by atoms with van der Waals surface area (Å²) >= 11 is 4.06. The second-order valence-electron chi connectivity index (χ2n) is 3.86. The zero-order valence-electron chi connectivity index (χ0n) is 8.97. The van der Waals surface area contributed by atoms with E-state index in [0.29, 0.717) is 17.8 Å². The van der Waals surface area contributed by atoms with Gasteiger partial charge in [0.15, 0.2) is 17.1 Å². The fraction of sp³-hybridized carbons (Fsp3) is 0.154. The van der Waals surface area contributed by atoms with Crippen molar-refractivity contribution in [2.75, 3.05) is 5.94 Å². The Hall–Kier alpha value is -1.68. The van der Waals surface area contributed by atoms with Crippen molar-refractivity contribution in [3.63, 3.8) is 0 Å². The van der Waals surface area contributed by atoms with Crippen LogP contribution in [0, 0.1) is 0 Å². The van der Waals surface area contributed by atoms with Crippen LogP contribution in [0.25, 0.3) is 17.0 Å². The topological polar surface area (TPSA) is 39.4 Å². The maximum Gasteiger partial charge on any atom is 0.176 e. The third-order valence-electron chi connectivity index (χ3n) is 2.84. The average molecular weight is 246 g/mol. The van der Waals surface area contributed by atoms with Crippen LogP contribution in [0.1, 0.15) is 11.1 Å². The van der Waals surface area contributed by atoms with Crippen molar-refractivity contribution in [1.82, 2.24) is 0 Å². The lowest BCUT2D eigenvalue weighted by Gasteiger charge is -2.15. The van der Waals surface area contributed by atoms with Crippen LogP contribution in [0.4, 0.5) is 0 Å². The van der Waals surface area contributed by atoms with Gasteiger partial charge in [0, 0.05) is 17.4 Å². The molecule has 2 aromatic rings. The molecule has 4 heteroatoms. The average Bonchev–Trinajstić information content (AvgIpc) is 2.77. The zero-order chi connectivity index (χ0) is 11.8. The number of furan rings is 1. The highest BCUT2D eigenvalue weighted by Gasteiger charge is 2.20. The summed E-state index contributed by atoms with van der Waals surface area (Å²) in [5.41, 5.74) is 2.57. The smallest absolute Gasteiger partial charge is 0.176 e. The van der Waals surface area contributed by atoms with E-state index in [1.807, 2.05) is 18.2 Å². The fourth-order valence-electron chi connectivity index (χ4n) is 2.10. The van der Waals surface area contributed by atoms with Gasteiger partial charge in [0.1, 0.15) is 5.94 Å². The van der Waals surface area contributed by atoms with Gasteiger partial charge in [-0.15, -0.1) is 12.6 Å². The largest absolute Gasteiger partial charge is 0.479 e. The number of allylic oxidation sites excluding steroid dienone is 1. The van der Waals surface area contributed by atoms with Gasteiger partial charge in [-0.05, 0) is 23.8 Å². The van der Waals surface area contributed by atoms with Gasteiger partial charge < -0.3 is 9.15 Å². The van der Waals surface area contributed by atoms with Crippen molar-refractivity contribution in [3.05, 3.63) is 35.6 Å². The molecule has 17 heavy (non-hydrogen) atoms. The Kier molecular flexibility index (Phi) is 2.44. The van der Waals surface area contributed by atoms with Crippen molar-refractivity contribution in [2.45, 2.75) is 6.42 Å². The van der Waals surface area contributed by atoms with Gasteiger partial charge in [0.05, 0.1) is 6.26 Å². The number of hydrogen-bond donors (Lipinski definition) is 1. The summed E-state index contributed by atoms with van der Waals surface area (Å²) in [6.07, 6.45) is 5.39. The van der Waals surface area contributed by atoms with Crippen LogP contribution in [0.5, 0.6) is 5.75 Å². The Balaban J connectivity index is 2.31. The summed E-state index contributed by atoms with van der Waals surface area (Å²) in [5, 5.41) is 0.972. The van der Waals surface area contributed by atoms with Crippen molar-refractivity contribution >= 4 is 35.5 Å². The molecule has 0 radical (unpaired) electrons. The van der Waals surface area contributed by atoms with Crippen LogP contribution in [-0.2, 0) is 11.2 Å². The van der Waals surface area contributed by atoms with Gasteiger partial charge >= 0.3 is 0 Å². The van der Waals surface area contributed by atoms with Gasteiger partial charge in [0.2, 0.25) is 0 Å². The molecule has 86 valence electrons. The van der Waals surface area contributed by atoms with Crippen molar-refractivity contribution in [3.8, 4) is 5.75 Å². The lowest BCUT2D eigenvalue weighted by Crippen LogP contribution is -2.08. The normalized spacial score (nSPS) is 14.1. The first-order valence-electron chi connectivity index (χ1n) is 5.27. The third-order valence-corrected chi connectivity index (χ3v) is 2.97. The molecule has 1 aromatic heterocycles. The Bertz CT molecular complexity index is 625. The first kappa shape index (κ1) is 10.5. The quantitative estimate of drug-likeness (QED) is 0.654. The maximum absolute atomic E-state index is 11.5. The molecule has 0 amide bonds. The first-order chi connectivity index (χ1) is 8.29. The molecule has 0 fully saturated rings. The summed E-state index contributed by atoms with van der Waals surface area (Å²) in [5.74, 6) is 0.965. The second kappa shape index (κ2) is 3.96. The summed E-state index contributed by atoms with van der Waals surface area (Å²) < 4.78 is 10.9. The van der Waals surface area contributed by atoms with Gasteiger partial charge in [0.25, 0.3) is 0 Å². The molecule has 1 aromatic carbocycles. The SMILES string of the molecule is O=C1C=Cc2cc3ccoc3c(OCS)c2C1. The molecule has 1 aliphatic rings. The molecule has 1 heterocycles. The molecule has 0 bridgehead atoms. The van der Waals surface area contributed by atoms with Crippen LogP contribution in [0.2, 0.25) is 0 Å². The van der Waals surface area contributed by atoms with Crippen molar-refractivity contribution < 1.29 is 13.9 Å². The van der Waals surface area contributed by atoms with Crippen molar-refractivity contribution in [1.29, 1.82) is 0 Å². The Labute approximate surface area is 103 Å². The number of thiol groups is 1. The molecular weight excluding hydrogens is 236 g/mol. The standard InChI is InChI=1S/C13H10O3S/c14-10-2-1-8-5-9-3-4-15-12(9)13(16-7-17)11(8)6-10/h1-5,17H,6-7H2. The first-order valence-corrected chi connectivity index (χ1v) is 5.90. The molecule has 1 aliphatic carbocycles. The molecule has 0 N–H and O–H groups in total. The molecule has 0 aliphatic heterocycles. The van der Waals surface area contributed by atoms with E-state index in [2.05, 4.69) is 12.6 Å². The van der Waals surface area contributed by atoms with Crippen LogP contribution in [0.3, 0.4) is 0 Å². The Morgan fingerprint density at radius 1 is 1.41 bits per heavy atom. The van der Waals surface area contributed by atoms with E-state index in [-0.39, 0.29) is 11.7 Å². The maximum atomic E-state index is 11.5. The fourth-order valence-corrected chi connectivity index (χ4v) is 2.23. The Morgan fingerprint density at radius 2 is 2.29 bits per heavy atom. The molecular formula is C13H10O3S. The molecule has 3 rings (SSSR count). The number of fused-ring (bicyclic) bond motifs is 2. The van der Waals surface area contributed by atoms with E-state index in [1.165, 1.54) is 0 Å². The van der Waals surface area contributed by atoms with Gasteiger partial charge in [-0.3, -0.25) is 4.79 Å². The number of ketones is 1. The van der Waals surface area contributed by atoms with E-state index in [9.17, 15) is 4.79 Å². The number of carbonyl (C=O) groups excluding carboxylic acids is 1. The number of carbonyl (C=O) groups is 1. The minimum Gasteiger partial charge on any atom is -0.479 e. The van der Waals surface area contributed by atoms with Crippen molar-refractivity contribution in [2.24, 2.45) is 0 Å². The van der Waals surface area contributed by atoms with E-state index in [4.69, 9.17) is 9.15 Å². The van der Waals surface area contributed by atoms with E-state index in [1.54, 1.807) is 12.3 Å². The Morgan fingerprint density at radius 3 is 3.12 bits per heavy atom. The lowest BCUT2D eigenvalue weighted by atomic mass is 9.94. The minimum atomic E-state index is 0.0763. The van der Waals surface area contributed by atoms with E-state index in [0.717, 1.165) is 16.5 Å². The molecule has 0 atom stereocenters. The van der Waals surface area contributed by atoms with Gasteiger partial charge in [-0.1, -0.05) is 6.08 Å². The molecule has 0 saturated heterocycles. The number of benzene rings is 1. The zero-order valence-corrected chi connectivity index (χ0v) is 9.87. The second-order valence-corrected chi connectivity index (χ2v) is 4.12. The van der Waals surface area contributed by atoms with E-state index >= 15 is 0 Å². The monoisotopic (exact) mass is 246 g/mol. The van der Waals surface area contributed by atoms with E-state index < -0.39 is 0 Å². The van der Waals surface area contributed by atoms with Crippen LogP contribution in [0.15, 0.2) is 28.9 Å². The number of hydrogen-bond acceptors (Lipinski definition) is 4. The summed E-state index contributed by atoms with van der Waals surface area (Å²) in [6.45, 7) is 0. The molecule has 3 nitrogen and oxygen atoms in total. The predicted octanol–water partition coefficient (Wildman–Crippen LogP) is 2.84. The van der Waals surface area contributed by atoms with Gasteiger partial charge in [-0.25, -0.2) is 0 Å². The summed E-state index contributed by atoms with van der Waals surface area (Å²) in [7, 11) is 0. The number of ether oxygens (including phenoxy) is 1. The summed E-state index contributed by atoms with van der Waals surface area (Å²) in [4.78, 5) is 11.5. The summed E-state index contributed by atoms with van der Waals surface area (Å²) in [6, 6.07) is 3.88. The minimum absolute atomic E-state index is 0.0763. The highest BCUT2D eigenvalue weighted by molar-refractivity contribution is 7.80.